The van der Waals surface area contributed by atoms with E-state index in [9.17, 15) is 9.59 Å². The molecule has 1 heterocycles. The molecule has 1 aromatic rings. The molecule has 0 bridgehead atoms. The SMILES string of the molecule is Cc1ccc(NC(=O)C(=O)N2CCCCCC2)cc1Cl. The minimum absolute atomic E-state index is 0.455. The van der Waals surface area contributed by atoms with Crippen molar-refractivity contribution in [2.45, 2.75) is 32.6 Å². The fourth-order valence-corrected chi connectivity index (χ4v) is 2.45. The van der Waals surface area contributed by atoms with Crippen LogP contribution in [0.1, 0.15) is 31.2 Å². The van der Waals surface area contributed by atoms with Gasteiger partial charge in [-0.15, -0.1) is 0 Å². The third-order valence-electron chi connectivity index (χ3n) is 3.52. The molecule has 0 aliphatic carbocycles. The van der Waals surface area contributed by atoms with Gasteiger partial charge in [-0.25, -0.2) is 0 Å². The van der Waals surface area contributed by atoms with Crippen LogP contribution >= 0.6 is 11.6 Å². The van der Waals surface area contributed by atoms with Crippen molar-refractivity contribution in [3.8, 4) is 0 Å². The summed E-state index contributed by atoms with van der Waals surface area (Å²) in [5, 5.41) is 3.19. The zero-order chi connectivity index (χ0) is 14.5. The first-order valence-corrected chi connectivity index (χ1v) is 7.32. The Labute approximate surface area is 124 Å². The summed E-state index contributed by atoms with van der Waals surface area (Å²) in [5.41, 5.74) is 1.48. The molecular formula is C15H19ClN2O2. The van der Waals surface area contributed by atoms with Crippen LogP contribution in [-0.2, 0) is 9.59 Å². The number of benzene rings is 1. The molecule has 4 nitrogen and oxygen atoms in total. The summed E-state index contributed by atoms with van der Waals surface area (Å²) >= 11 is 6.00. The van der Waals surface area contributed by atoms with Gasteiger partial charge in [-0.1, -0.05) is 30.5 Å². The van der Waals surface area contributed by atoms with Gasteiger partial charge in [0.25, 0.3) is 0 Å². The zero-order valence-electron chi connectivity index (χ0n) is 11.6. The normalized spacial score (nSPS) is 15.6. The van der Waals surface area contributed by atoms with Crippen LogP contribution in [0.2, 0.25) is 5.02 Å². The monoisotopic (exact) mass is 294 g/mol. The van der Waals surface area contributed by atoms with Crippen LogP contribution in [0.5, 0.6) is 0 Å². The predicted molar refractivity (Wildman–Crippen MR) is 79.9 cm³/mol. The second-order valence-electron chi connectivity index (χ2n) is 5.12. The number of amides is 2. The van der Waals surface area contributed by atoms with Crippen molar-refractivity contribution < 1.29 is 9.59 Å². The number of likely N-dealkylation sites (tertiary alicyclic amines) is 1. The molecule has 108 valence electrons. The molecule has 2 amide bonds. The predicted octanol–water partition coefficient (Wildman–Crippen LogP) is 2.99. The van der Waals surface area contributed by atoms with E-state index in [0.29, 0.717) is 23.8 Å². The van der Waals surface area contributed by atoms with E-state index in [0.717, 1.165) is 31.2 Å². The number of hydrogen-bond acceptors (Lipinski definition) is 2. The lowest BCUT2D eigenvalue weighted by Gasteiger charge is -2.19. The summed E-state index contributed by atoms with van der Waals surface area (Å²) in [7, 11) is 0. The van der Waals surface area contributed by atoms with E-state index in [1.54, 1.807) is 17.0 Å². The van der Waals surface area contributed by atoms with E-state index in [1.807, 2.05) is 13.0 Å². The first-order valence-electron chi connectivity index (χ1n) is 6.94. The molecule has 1 aromatic carbocycles. The lowest BCUT2D eigenvalue weighted by Crippen LogP contribution is -2.40. The second-order valence-corrected chi connectivity index (χ2v) is 5.53. The van der Waals surface area contributed by atoms with Crippen LogP contribution in [-0.4, -0.2) is 29.8 Å². The van der Waals surface area contributed by atoms with E-state index >= 15 is 0 Å². The van der Waals surface area contributed by atoms with Gasteiger partial charge in [0.2, 0.25) is 0 Å². The van der Waals surface area contributed by atoms with Crippen LogP contribution in [0.3, 0.4) is 0 Å². The molecule has 0 aromatic heterocycles. The molecule has 5 heteroatoms. The number of carbonyl (C=O) groups is 2. The summed E-state index contributed by atoms with van der Waals surface area (Å²) in [6.07, 6.45) is 4.18. The number of carbonyl (C=O) groups excluding carboxylic acids is 2. The fourth-order valence-electron chi connectivity index (χ4n) is 2.27. The van der Waals surface area contributed by atoms with Gasteiger partial charge in [0.15, 0.2) is 0 Å². The Bertz CT molecular complexity index is 509. The zero-order valence-corrected chi connectivity index (χ0v) is 12.4. The van der Waals surface area contributed by atoms with Crippen molar-refractivity contribution in [3.63, 3.8) is 0 Å². The Hall–Kier alpha value is -1.55. The highest BCUT2D eigenvalue weighted by Crippen LogP contribution is 2.20. The topological polar surface area (TPSA) is 49.4 Å². The fraction of sp³-hybridized carbons (Fsp3) is 0.467. The van der Waals surface area contributed by atoms with E-state index in [2.05, 4.69) is 5.32 Å². The van der Waals surface area contributed by atoms with E-state index in [-0.39, 0.29) is 0 Å². The molecule has 1 aliphatic rings. The summed E-state index contributed by atoms with van der Waals surface area (Å²) in [4.78, 5) is 25.7. The highest BCUT2D eigenvalue weighted by atomic mass is 35.5. The Morgan fingerprint density at radius 2 is 1.80 bits per heavy atom. The molecule has 20 heavy (non-hydrogen) atoms. The maximum atomic E-state index is 12.1. The van der Waals surface area contributed by atoms with Crippen LogP contribution in [0.25, 0.3) is 0 Å². The van der Waals surface area contributed by atoms with Crippen molar-refractivity contribution >= 4 is 29.1 Å². The number of hydrogen-bond donors (Lipinski definition) is 1. The third-order valence-corrected chi connectivity index (χ3v) is 3.92. The van der Waals surface area contributed by atoms with E-state index in [4.69, 9.17) is 11.6 Å². The summed E-state index contributed by atoms with van der Waals surface area (Å²) < 4.78 is 0. The quantitative estimate of drug-likeness (QED) is 0.810. The largest absolute Gasteiger partial charge is 0.334 e. The van der Waals surface area contributed by atoms with Crippen molar-refractivity contribution in [1.82, 2.24) is 4.90 Å². The highest BCUT2D eigenvalue weighted by Gasteiger charge is 2.22. The number of nitrogens with one attached hydrogen (secondary N) is 1. The number of aryl methyl sites for hydroxylation is 1. The van der Waals surface area contributed by atoms with Crippen molar-refractivity contribution in [2.75, 3.05) is 18.4 Å². The summed E-state index contributed by atoms with van der Waals surface area (Å²) in [6, 6.07) is 5.22. The molecular weight excluding hydrogens is 276 g/mol. The standard InChI is InChI=1S/C15H19ClN2O2/c1-11-6-7-12(10-13(11)16)17-14(19)15(20)18-8-4-2-3-5-9-18/h6-7,10H,2-5,8-9H2,1H3,(H,17,19). The van der Waals surface area contributed by atoms with Gasteiger partial charge in [0.05, 0.1) is 0 Å². The molecule has 2 rings (SSSR count). The summed E-state index contributed by atoms with van der Waals surface area (Å²) in [6.45, 7) is 3.22. The Morgan fingerprint density at radius 3 is 2.40 bits per heavy atom. The maximum absolute atomic E-state index is 12.1. The molecule has 1 fully saturated rings. The van der Waals surface area contributed by atoms with E-state index < -0.39 is 11.8 Å². The van der Waals surface area contributed by atoms with Gasteiger partial charge >= 0.3 is 11.8 Å². The molecule has 0 atom stereocenters. The molecule has 1 saturated heterocycles. The van der Waals surface area contributed by atoms with Gasteiger partial charge in [-0.05, 0) is 37.5 Å². The van der Waals surface area contributed by atoms with Gasteiger partial charge in [0.1, 0.15) is 0 Å². The number of halogens is 1. The Kier molecular flexibility index (Phi) is 5.01. The van der Waals surface area contributed by atoms with Gasteiger partial charge in [-0.3, -0.25) is 9.59 Å². The number of anilines is 1. The second kappa shape index (κ2) is 6.75. The van der Waals surface area contributed by atoms with Crippen LogP contribution in [0, 0.1) is 6.92 Å². The first kappa shape index (κ1) is 14.9. The molecule has 1 aliphatic heterocycles. The maximum Gasteiger partial charge on any atom is 0.313 e. The van der Waals surface area contributed by atoms with E-state index in [1.165, 1.54) is 0 Å². The Balaban J connectivity index is 1.99. The lowest BCUT2D eigenvalue weighted by atomic mass is 10.2. The van der Waals surface area contributed by atoms with Gasteiger partial charge in [-0.2, -0.15) is 0 Å². The molecule has 1 N–H and O–H groups in total. The van der Waals surface area contributed by atoms with Crippen LogP contribution in [0.15, 0.2) is 18.2 Å². The number of rotatable bonds is 1. The average Bonchev–Trinajstić information content (AvgIpc) is 2.71. The van der Waals surface area contributed by atoms with Gasteiger partial charge < -0.3 is 10.2 Å². The molecule has 0 unspecified atom stereocenters. The molecule has 0 saturated carbocycles. The van der Waals surface area contributed by atoms with Crippen LogP contribution in [0.4, 0.5) is 5.69 Å². The smallest absolute Gasteiger partial charge is 0.313 e. The average molecular weight is 295 g/mol. The highest BCUT2D eigenvalue weighted by molar-refractivity contribution is 6.39. The minimum atomic E-state index is -0.591. The lowest BCUT2D eigenvalue weighted by molar-refractivity contribution is -0.143. The Morgan fingerprint density at radius 1 is 1.15 bits per heavy atom. The van der Waals surface area contributed by atoms with Crippen molar-refractivity contribution in [3.05, 3.63) is 28.8 Å². The minimum Gasteiger partial charge on any atom is -0.334 e. The van der Waals surface area contributed by atoms with Crippen molar-refractivity contribution in [2.24, 2.45) is 0 Å². The summed E-state index contributed by atoms with van der Waals surface area (Å²) in [5.74, 6) is -1.05. The third kappa shape index (κ3) is 3.73. The first-order chi connectivity index (χ1) is 9.58. The van der Waals surface area contributed by atoms with Gasteiger partial charge in [0, 0.05) is 23.8 Å². The molecule has 0 spiro atoms. The van der Waals surface area contributed by atoms with Crippen molar-refractivity contribution in [1.29, 1.82) is 0 Å². The number of nitrogens with zero attached hydrogens (tertiary/aromatic N) is 1. The van der Waals surface area contributed by atoms with Crippen LogP contribution < -0.4 is 5.32 Å². The molecule has 0 radical (unpaired) electrons.